The zero-order valence-corrected chi connectivity index (χ0v) is 9.50. The van der Waals surface area contributed by atoms with E-state index >= 15 is 0 Å². The molecule has 0 radical (unpaired) electrons. The summed E-state index contributed by atoms with van der Waals surface area (Å²) in [6, 6.07) is 2.24. The van der Waals surface area contributed by atoms with Crippen molar-refractivity contribution < 1.29 is 0 Å². The zero-order valence-electron chi connectivity index (χ0n) is 9.50. The second kappa shape index (κ2) is 6.03. The number of hydrogen-bond donors (Lipinski definition) is 0. The first kappa shape index (κ1) is 11.5. The quantitative estimate of drug-likeness (QED) is 0.650. The van der Waals surface area contributed by atoms with Crippen LogP contribution in [0, 0.1) is 23.2 Å². The molecule has 0 heterocycles. The first-order valence-corrected chi connectivity index (χ1v) is 5.81. The summed E-state index contributed by atoms with van der Waals surface area (Å²) in [6.45, 7) is 7.84. The van der Waals surface area contributed by atoms with E-state index in [-0.39, 0.29) is 0 Å². The fourth-order valence-electron chi connectivity index (χ4n) is 2.02. The van der Waals surface area contributed by atoms with Gasteiger partial charge in [-0.15, -0.1) is 0 Å². The van der Waals surface area contributed by atoms with Crippen LogP contribution in [0.2, 0.25) is 0 Å². The molecule has 0 saturated heterocycles. The van der Waals surface area contributed by atoms with Crippen molar-refractivity contribution in [2.24, 2.45) is 11.8 Å². The van der Waals surface area contributed by atoms with Gasteiger partial charge in [-0.05, 0) is 24.7 Å². The number of rotatable bonds is 6. The Morgan fingerprint density at radius 1 is 1.43 bits per heavy atom. The second-order valence-electron chi connectivity index (χ2n) is 4.86. The predicted molar refractivity (Wildman–Crippen MR) is 58.8 cm³/mol. The molecular formula is C12H22N2. The Bertz CT molecular complexity index is 189. The Morgan fingerprint density at radius 2 is 2.14 bits per heavy atom. The fourth-order valence-corrected chi connectivity index (χ4v) is 2.02. The van der Waals surface area contributed by atoms with E-state index in [9.17, 15) is 0 Å². The Balaban J connectivity index is 2.23. The van der Waals surface area contributed by atoms with Crippen LogP contribution in [0.25, 0.3) is 0 Å². The summed E-state index contributed by atoms with van der Waals surface area (Å²) < 4.78 is 0. The molecule has 1 fully saturated rings. The smallest absolute Gasteiger partial charge is 0.0635 e. The molecule has 0 aromatic carbocycles. The molecule has 1 rings (SSSR count). The first-order valence-electron chi connectivity index (χ1n) is 5.81. The van der Waals surface area contributed by atoms with E-state index in [0.29, 0.717) is 12.3 Å². The van der Waals surface area contributed by atoms with E-state index in [0.717, 1.165) is 19.0 Å². The Labute approximate surface area is 87.9 Å². The maximum Gasteiger partial charge on any atom is 0.0635 e. The lowest BCUT2D eigenvalue weighted by atomic mass is 9.85. The van der Waals surface area contributed by atoms with E-state index in [1.807, 2.05) is 0 Å². The highest BCUT2D eigenvalue weighted by molar-refractivity contribution is 4.77. The highest BCUT2D eigenvalue weighted by Crippen LogP contribution is 2.27. The normalized spacial score (nSPS) is 17.1. The van der Waals surface area contributed by atoms with Crippen molar-refractivity contribution in [1.82, 2.24) is 4.90 Å². The average Bonchev–Trinajstić information content (AvgIpc) is 2.05. The largest absolute Gasteiger partial charge is 0.302 e. The summed E-state index contributed by atoms with van der Waals surface area (Å²) in [4.78, 5) is 2.47. The van der Waals surface area contributed by atoms with Gasteiger partial charge in [-0.1, -0.05) is 20.3 Å². The molecule has 0 aromatic heterocycles. The van der Waals surface area contributed by atoms with Gasteiger partial charge in [0, 0.05) is 26.1 Å². The number of nitriles is 1. The summed E-state index contributed by atoms with van der Waals surface area (Å²) >= 11 is 0. The molecule has 0 aliphatic heterocycles. The maximum absolute atomic E-state index is 8.58. The van der Waals surface area contributed by atoms with E-state index in [2.05, 4.69) is 24.8 Å². The monoisotopic (exact) mass is 194 g/mol. The molecule has 14 heavy (non-hydrogen) atoms. The summed E-state index contributed by atoms with van der Waals surface area (Å²) in [5, 5.41) is 8.58. The van der Waals surface area contributed by atoms with Crippen LogP contribution in [-0.2, 0) is 0 Å². The van der Waals surface area contributed by atoms with Crippen LogP contribution < -0.4 is 0 Å². The van der Waals surface area contributed by atoms with Crippen molar-refractivity contribution in [1.29, 1.82) is 5.26 Å². The highest BCUT2D eigenvalue weighted by atomic mass is 15.1. The first-order chi connectivity index (χ1) is 6.72. The molecule has 1 aliphatic carbocycles. The molecule has 0 unspecified atom stereocenters. The van der Waals surface area contributed by atoms with Crippen LogP contribution in [0.3, 0.4) is 0 Å². The minimum Gasteiger partial charge on any atom is -0.302 e. The third-order valence-electron chi connectivity index (χ3n) is 2.90. The average molecular weight is 194 g/mol. The SMILES string of the molecule is CC(C)CN(CCC#N)CC1CCC1. The second-order valence-corrected chi connectivity index (χ2v) is 4.86. The zero-order chi connectivity index (χ0) is 10.4. The highest BCUT2D eigenvalue weighted by Gasteiger charge is 2.20. The van der Waals surface area contributed by atoms with Crippen LogP contribution in [-0.4, -0.2) is 24.5 Å². The van der Waals surface area contributed by atoms with Crippen LogP contribution in [0.4, 0.5) is 0 Å². The van der Waals surface area contributed by atoms with Gasteiger partial charge < -0.3 is 4.90 Å². The topological polar surface area (TPSA) is 27.0 Å². The minimum atomic E-state index is 0.680. The van der Waals surface area contributed by atoms with E-state index < -0.39 is 0 Å². The summed E-state index contributed by atoms with van der Waals surface area (Å²) in [5.74, 6) is 1.64. The van der Waals surface area contributed by atoms with E-state index in [1.165, 1.54) is 25.8 Å². The lowest BCUT2D eigenvalue weighted by molar-refractivity contribution is 0.166. The van der Waals surface area contributed by atoms with Gasteiger partial charge in [0.1, 0.15) is 0 Å². The lowest BCUT2D eigenvalue weighted by Gasteiger charge is -2.32. The van der Waals surface area contributed by atoms with E-state index in [1.54, 1.807) is 0 Å². The van der Waals surface area contributed by atoms with Crippen molar-refractivity contribution in [2.75, 3.05) is 19.6 Å². The molecular weight excluding hydrogens is 172 g/mol. The van der Waals surface area contributed by atoms with Crippen molar-refractivity contribution >= 4 is 0 Å². The van der Waals surface area contributed by atoms with Crippen LogP contribution in [0.15, 0.2) is 0 Å². The molecule has 0 spiro atoms. The molecule has 2 heteroatoms. The number of nitrogens with zero attached hydrogens (tertiary/aromatic N) is 2. The maximum atomic E-state index is 8.58. The summed E-state index contributed by atoms with van der Waals surface area (Å²) in [7, 11) is 0. The molecule has 0 atom stereocenters. The van der Waals surface area contributed by atoms with Crippen LogP contribution in [0.1, 0.15) is 39.5 Å². The van der Waals surface area contributed by atoms with Gasteiger partial charge in [0.25, 0.3) is 0 Å². The summed E-state index contributed by atoms with van der Waals surface area (Å²) in [6.07, 6.45) is 4.90. The minimum absolute atomic E-state index is 0.680. The fraction of sp³-hybridized carbons (Fsp3) is 0.917. The third-order valence-corrected chi connectivity index (χ3v) is 2.90. The predicted octanol–water partition coefficient (Wildman–Crippen LogP) is 2.66. The lowest BCUT2D eigenvalue weighted by Crippen LogP contribution is -2.35. The van der Waals surface area contributed by atoms with E-state index in [4.69, 9.17) is 5.26 Å². The van der Waals surface area contributed by atoms with Gasteiger partial charge in [-0.3, -0.25) is 0 Å². The standard InChI is InChI=1S/C12H22N2/c1-11(2)9-14(8-4-7-13)10-12-5-3-6-12/h11-12H,3-6,8-10H2,1-2H3. The Hall–Kier alpha value is -0.550. The van der Waals surface area contributed by atoms with Gasteiger partial charge in [-0.2, -0.15) is 5.26 Å². The van der Waals surface area contributed by atoms with Crippen LogP contribution in [0.5, 0.6) is 0 Å². The van der Waals surface area contributed by atoms with Crippen molar-refractivity contribution in [2.45, 2.75) is 39.5 Å². The molecule has 1 saturated carbocycles. The van der Waals surface area contributed by atoms with Gasteiger partial charge in [0.05, 0.1) is 6.07 Å². The molecule has 80 valence electrons. The van der Waals surface area contributed by atoms with Crippen molar-refractivity contribution in [3.63, 3.8) is 0 Å². The van der Waals surface area contributed by atoms with Crippen molar-refractivity contribution in [3.8, 4) is 6.07 Å². The van der Waals surface area contributed by atoms with Gasteiger partial charge in [0.15, 0.2) is 0 Å². The molecule has 0 aromatic rings. The molecule has 2 nitrogen and oxygen atoms in total. The summed E-state index contributed by atoms with van der Waals surface area (Å²) in [5.41, 5.74) is 0. The molecule has 0 amide bonds. The van der Waals surface area contributed by atoms with Gasteiger partial charge in [-0.25, -0.2) is 0 Å². The van der Waals surface area contributed by atoms with Gasteiger partial charge in [0.2, 0.25) is 0 Å². The van der Waals surface area contributed by atoms with Gasteiger partial charge >= 0.3 is 0 Å². The molecule has 0 N–H and O–H groups in total. The number of hydrogen-bond acceptors (Lipinski definition) is 2. The van der Waals surface area contributed by atoms with Crippen LogP contribution >= 0.6 is 0 Å². The third kappa shape index (κ3) is 4.11. The Kier molecular flexibility index (Phi) is 4.97. The molecule has 1 aliphatic rings. The Morgan fingerprint density at radius 3 is 2.57 bits per heavy atom. The van der Waals surface area contributed by atoms with Crippen molar-refractivity contribution in [3.05, 3.63) is 0 Å². The molecule has 0 bridgehead atoms.